The Morgan fingerprint density at radius 1 is 0.578 bits per heavy atom. The lowest BCUT2D eigenvalue weighted by atomic mass is 9.97. The molecule has 0 bridgehead atoms. The Bertz CT molecular complexity index is 1150. The summed E-state index contributed by atoms with van der Waals surface area (Å²) < 4.78 is 43.8. The molecule has 45 heavy (non-hydrogen) atoms. The van der Waals surface area contributed by atoms with Crippen LogP contribution in [0, 0.1) is 0 Å². The molecule has 21 heteroatoms. The molecule has 2 aliphatic heterocycles. The van der Waals surface area contributed by atoms with Gasteiger partial charge in [-0.1, -0.05) is 22.0 Å². The van der Waals surface area contributed by atoms with Crippen LogP contribution in [0.15, 0.2) is 10.2 Å². The average molecular weight is 661 g/mol. The highest BCUT2D eigenvalue weighted by atomic mass is 32.2. The third-order valence-corrected chi connectivity index (χ3v) is 7.28. The van der Waals surface area contributed by atoms with E-state index in [9.17, 15) is 39.8 Å². The first kappa shape index (κ1) is 36.9. The summed E-state index contributed by atoms with van der Waals surface area (Å²) in [5.74, 6) is -4.81. The third kappa shape index (κ3) is 11.0. The van der Waals surface area contributed by atoms with E-state index in [0.29, 0.717) is 11.8 Å². The van der Waals surface area contributed by atoms with E-state index in [1.54, 1.807) is 0 Å². The summed E-state index contributed by atoms with van der Waals surface area (Å²) in [7, 11) is 0. The minimum Gasteiger partial charge on any atom is -0.463 e. The number of rotatable bonds is 12. The summed E-state index contributed by atoms with van der Waals surface area (Å²) in [5.41, 5.74) is 15.9. The van der Waals surface area contributed by atoms with Crippen LogP contribution in [0.1, 0.15) is 41.5 Å². The van der Waals surface area contributed by atoms with E-state index >= 15 is 0 Å². The van der Waals surface area contributed by atoms with E-state index in [2.05, 4.69) is 20.1 Å². The first-order valence-corrected chi connectivity index (χ1v) is 14.1. The number of esters is 6. The number of azide groups is 2. The molecule has 2 fully saturated rings. The van der Waals surface area contributed by atoms with Crippen LogP contribution in [0.3, 0.4) is 0 Å². The Morgan fingerprint density at radius 2 is 0.889 bits per heavy atom. The van der Waals surface area contributed by atoms with Crippen molar-refractivity contribution in [3.05, 3.63) is 20.9 Å². The zero-order valence-electron chi connectivity index (χ0n) is 25.0. The molecule has 5 unspecified atom stereocenters. The highest BCUT2D eigenvalue weighted by Gasteiger charge is 2.55. The highest BCUT2D eigenvalue weighted by Crippen LogP contribution is 2.41. The summed E-state index contributed by atoms with van der Waals surface area (Å²) >= 11 is 0.691. The Balaban J connectivity index is 2.66. The number of carbonyl (C=O) groups is 6. The molecule has 2 heterocycles. The molecular weight excluding hydrogens is 628 g/mol. The van der Waals surface area contributed by atoms with Gasteiger partial charge < -0.3 is 37.9 Å². The van der Waals surface area contributed by atoms with Crippen LogP contribution >= 0.6 is 11.8 Å². The highest BCUT2D eigenvalue weighted by molar-refractivity contribution is 8.00. The Morgan fingerprint density at radius 3 is 1.16 bits per heavy atom. The number of hydrogen-bond donors (Lipinski definition) is 0. The van der Waals surface area contributed by atoms with E-state index in [1.807, 2.05) is 0 Å². The number of ether oxygens (including phenoxy) is 8. The van der Waals surface area contributed by atoms with Crippen molar-refractivity contribution in [2.75, 3.05) is 13.2 Å². The molecule has 0 radical (unpaired) electrons. The topological polar surface area (TPSA) is 274 Å². The molecule has 0 aromatic rings. The Labute approximate surface area is 259 Å². The molecule has 0 saturated carbocycles. The molecule has 0 amide bonds. The molecule has 0 N–H and O–H groups in total. The average Bonchev–Trinajstić information content (AvgIpc) is 2.92. The second-order valence-corrected chi connectivity index (χ2v) is 10.7. The lowest BCUT2D eigenvalue weighted by molar-refractivity contribution is -0.205. The van der Waals surface area contributed by atoms with Crippen molar-refractivity contribution in [1.82, 2.24) is 0 Å². The summed E-state index contributed by atoms with van der Waals surface area (Å²) in [6, 6.07) is -2.88. The molecule has 2 saturated heterocycles. The minimum absolute atomic E-state index is 0.502. The van der Waals surface area contributed by atoms with Gasteiger partial charge in [0.15, 0.2) is 0 Å². The summed E-state index contributed by atoms with van der Waals surface area (Å²) in [5, 5.41) is 7.36. The molecule has 20 nitrogen and oxygen atoms in total. The summed E-state index contributed by atoms with van der Waals surface area (Å²) in [6.07, 6.45) is -8.36. The second-order valence-electron chi connectivity index (χ2n) is 9.51. The van der Waals surface area contributed by atoms with Gasteiger partial charge in [-0.25, -0.2) is 0 Å². The molecule has 0 aromatic heterocycles. The predicted molar refractivity (Wildman–Crippen MR) is 146 cm³/mol. The fraction of sp³-hybridized carbons (Fsp3) is 0.750. The smallest absolute Gasteiger partial charge is 0.303 e. The molecule has 2 aliphatic rings. The van der Waals surface area contributed by atoms with E-state index < -0.39 is 109 Å². The normalized spacial score (nSPS) is 30.6. The monoisotopic (exact) mass is 660 g/mol. The zero-order chi connectivity index (χ0) is 33.8. The molecule has 248 valence electrons. The van der Waals surface area contributed by atoms with Crippen molar-refractivity contribution in [2.45, 2.75) is 101 Å². The van der Waals surface area contributed by atoms with Gasteiger partial charge in [-0.05, 0) is 11.1 Å². The molecule has 2 rings (SSSR count). The maximum absolute atomic E-state index is 12.2. The first-order chi connectivity index (χ1) is 21.2. The van der Waals surface area contributed by atoms with E-state index in [0.717, 1.165) is 41.5 Å². The number of hydrogen-bond acceptors (Lipinski definition) is 17. The lowest BCUT2D eigenvalue weighted by Gasteiger charge is -2.47. The first-order valence-electron chi connectivity index (χ1n) is 13.2. The van der Waals surface area contributed by atoms with Gasteiger partial charge in [0.2, 0.25) is 0 Å². The van der Waals surface area contributed by atoms with Crippen LogP contribution in [0.5, 0.6) is 0 Å². The zero-order valence-corrected chi connectivity index (χ0v) is 25.8. The SMILES string of the molecule is CC(=O)OCC1O[C@@H](SC2O[C@H](COC(C)=O)C(OC(C)=O)C(N=[N+]=[N-])[C@H]2OC(C)=O)[C@@H](OC(C)=O)C(N=[N+]=[N-])[C@H]1OC(C)=O. The van der Waals surface area contributed by atoms with Crippen LogP contribution < -0.4 is 0 Å². The van der Waals surface area contributed by atoms with Crippen LogP contribution in [0.4, 0.5) is 0 Å². The maximum atomic E-state index is 12.2. The van der Waals surface area contributed by atoms with Gasteiger partial charge in [0.25, 0.3) is 0 Å². The molecule has 0 spiro atoms. The van der Waals surface area contributed by atoms with Crippen LogP contribution in [-0.2, 0) is 66.7 Å². The largest absolute Gasteiger partial charge is 0.463 e. The fourth-order valence-electron chi connectivity index (χ4n) is 4.50. The van der Waals surface area contributed by atoms with E-state index in [-0.39, 0.29) is 0 Å². The molecular formula is C24H32N6O14S. The number of nitrogens with zero attached hydrogens (tertiary/aromatic N) is 6. The predicted octanol–water partition coefficient (Wildman–Crippen LogP) is 1.38. The van der Waals surface area contributed by atoms with E-state index in [4.69, 9.17) is 37.9 Å². The standard InChI is InChI=1S/C24H32N6O14S/c1-9(31)37-7-15-19(39-11(3)33)17(27-29-25)21(41-13(5)35)23(43-15)45-24-22(42-14(6)36)18(28-30-26)20(40-12(4)34)16(44-24)8-38-10(2)32/h15-24H,7-8H2,1-6H3/t15-,16?,17?,18?,19?,20+,21-,22+,23?,24+/m1/s1. The van der Waals surface area contributed by atoms with Gasteiger partial charge in [-0.2, -0.15) is 0 Å². The Kier molecular flexibility index (Phi) is 14.2. The van der Waals surface area contributed by atoms with E-state index in [1.165, 1.54) is 0 Å². The third-order valence-electron chi connectivity index (χ3n) is 5.98. The van der Waals surface area contributed by atoms with Crippen molar-refractivity contribution in [1.29, 1.82) is 0 Å². The van der Waals surface area contributed by atoms with Crippen molar-refractivity contribution in [3.63, 3.8) is 0 Å². The van der Waals surface area contributed by atoms with Crippen molar-refractivity contribution in [2.24, 2.45) is 10.2 Å². The van der Waals surface area contributed by atoms with Gasteiger partial charge in [-0.3, -0.25) is 28.8 Å². The molecule has 10 atom stereocenters. The fourth-order valence-corrected chi connectivity index (χ4v) is 5.92. The number of carbonyl (C=O) groups excluding carboxylic acids is 6. The second kappa shape index (κ2) is 17.3. The van der Waals surface area contributed by atoms with Gasteiger partial charge in [0.05, 0.1) is 0 Å². The number of thioether (sulfide) groups is 1. The molecule has 0 aliphatic carbocycles. The van der Waals surface area contributed by atoms with Gasteiger partial charge in [0, 0.05) is 51.4 Å². The van der Waals surface area contributed by atoms with Crippen molar-refractivity contribution < 1.29 is 66.7 Å². The van der Waals surface area contributed by atoms with Crippen LogP contribution in [-0.4, -0.2) is 109 Å². The van der Waals surface area contributed by atoms with Gasteiger partial charge >= 0.3 is 35.8 Å². The van der Waals surface area contributed by atoms with Crippen molar-refractivity contribution in [3.8, 4) is 0 Å². The van der Waals surface area contributed by atoms with Gasteiger partial charge in [-0.15, -0.1) is 0 Å². The van der Waals surface area contributed by atoms with Crippen LogP contribution in [0.2, 0.25) is 0 Å². The van der Waals surface area contributed by atoms with Gasteiger partial charge in [0.1, 0.15) is 72.8 Å². The Hall–Kier alpha value is -4.29. The summed E-state index contributed by atoms with van der Waals surface area (Å²) in [4.78, 5) is 77.0. The quantitative estimate of drug-likeness (QED) is 0.0939. The lowest BCUT2D eigenvalue weighted by Crippen LogP contribution is -2.62. The summed E-state index contributed by atoms with van der Waals surface area (Å²) in [6.45, 7) is 5.45. The van der Waals surface area contributed by atoms with Crippen LogP contribution in [0.25, 0.3) is 20.9 Å². The van der Waals surface area contributed by atoms with Crippen molar-refractivity contribution >= 4 is 47.6 Å². The molecule has 0 aromatic carbocycles. The minimum atomic E-state index is -1.49. The maximum Gasteiger partial charge on any atom is 0.303 e.